The van der Waals surface area contributed by atoms with E-state index < -0.39 is 0 Å². The van der Waals surface area contributed by atoms with Crippen LogP contribution in [0.15, 0.2) is 42.5 Å². The van der Waals surface area contributed by atoms with E-state index in [1.165, 1.54) is 0 Å². The Bertz CT molecular complexity index is 583. The van der Waals surface area contributed by atoms with Crippen LogP contribution in [-0.2, 0) is 0 Å². The predicted molar refractivity (Wildman–Crippen MR) is 69.3 cm³/mol. The van der Waals surface area contributed by atoms with Gasteiger partial charge in [0, 0.05) is 5.56 Å². The summed E-state index contributed by atoms with van der Waals surface area (Å²) in [5.41, 5.74) is 1.04. The lowest BCUT2D eigenvalue weighted by atomic mass is 10.2. The lowest BCUT2D eigenvalue weighted by Gasteiger charge is -1.85. The molecule has 0 saturated carbocycles. The predicted octanol–water partition coefficient (Wildman–Crippen LogP) is 3.52. The molecule has 0 saturated heterocycles. The highest BCUT2D eigenvalue weighted by Crippen LogP contribution is 2.14. The highest BCUT2D eigenvalue weighted by Gasteiger charge is 1.92. The molecule has 0 spiro atoms. The standard InChI is InChI=1S/C15H10S/c1-2-6-14-11-12-15(16-14)10-9-13-7-4-3-5-8-13/h3-5,7-8,11-12H,1H3. The summed E-state index contributed by atoms with van der Waals surface area (Å²) in [6.45, 7) is 1.84. The van der Waals surface area contributed by atoms with Gasteiger partial charge in [0.05, 0.1) is 9.75 Å². The summed E-state index contributed by atoms with van der Waals surface area (Å²) in [4.78, 5) is 2.13. The number of rotatable bonds is 0. The van der Waals surface area contributed by atoms with Gasteiger partial charge in [0.1, 0.15) is 0 Å². The molecule has 0 aliphatic rings. The highest BCUT2D eigenvalue weighted by atomic mass is 32.1. The molecule has 0 fully saturated rings. The summed E-state index contributed by atoms with van der Waals surface area (Å²) in [6, 6.07) is 14.0. The largest absolute Gasteiger partial charge is 0.118 e. The summed E-state index contributed by atoms with van der Waals surface area (Å²) in [5, 5.41) is 0. The average molecular weight is 222 g/mol. The third-order valence-electron chi connectivity index (χ3n) is 1.96. The molecular formula is C15H10S. The zero-order valence-electron chi connectivity index (χ0n) is 8.95. The van der Waals surface area contributed by atoms with Crippen molar-refractivity contribution in [3.8, 4) is 23.7 Å². The van der Waals surface area contributed by atoms with E-state index >= 15 is 0 Å². The molecule has 1 heteroatoms. The molecule has 0 unspecified atom stereocenters. The molecule has 76 valence electrons. The molecule has 1 aromatic heterocycles. The van der Waals surface area contributed by atoms with Crippen molar-refractivity contribution in [2.45, 2.75) is 6.92 Å². The molecule has 0 aliphatic carbocycles. The maximum atomic E-state index is 3.14. The van der Waals surface area contributed by atoms with Gasteiger partial charge >= 0.3 is 0 Å². The zero-order valence-corrected chi connectivity index (χ0v) is 9.77. The maximum Gasteiger partial charge on any atom is 0.0785 e. The van der Waals surface area contributed by atoms with Gasteiger partial charge < -0.3 is 0 Å². The third-order valence-corrected chi connectivity index (χ3v) is 2.87. The van der Waals surface area contributed by atoms with Crippen LogP contribution in [0, 0.1) is 23.7 Å². The minimum Gasteiger partial charge on any atom is -0.118 e. The number of hydrogen-bond donors (Lipinski definition) is 0. The molecule has 0 bridgehead atoms. The second kappa shape index (κ2) is 5.21. The van der Waals surface area contributed by atoms with E-state index in [-0.39, 0.29) is 0 Å². The van der Waals surface area contributed by atoms with Crippen LogP contribution in [0.1, 0.15) is 22.2 Å². The quantitative estimate of drug-likeness (QED) is 0.598. The summed E-state index contributed by atoms with van der Waals surface area (Å²) in [6.07, 6.45) is 0. The van der Waals surface area contributed by atoms with E-state index in [1.54, 1.807) is 11.3 Å². The molecule has 0 aliphatic heterocycles. The van der Waals surface area contributed by atoms with Crippen molar-refractivity contribution in [1.29, 1.82) is 0 Å². The molecule has 2 rings (SSSR count). The van der Waals surface area contributed by atoms with Crippen LogP contribution < -0.4 is 0 Å². The Hall–Kier alpha value is -1.96. The molecule has 2 aromatic rings. The first-order chi connectivity index (χ1) is 7.88. The van der Waals surface area contributed by atoms with E-state index in [9.17, 15) is 0 Å². The lowest BCUT2D eigenvalue weighted by molar-refractivity contribution is 1.65. The number of thiophene rings is 1. The van der Waals surface area contributed by atoms with Crippen molar-refractivity contribution in [3.63, 3.8) is 0 Å². The van der Waals surface area contributed by atoms with E-state index in [4.69, 9.17) is 0 Å². The Morgan fingerprint density at radius 2 is 1.50 bits per heavy atom. The van der Waals surface area contributed by atoms with Crippen molar-refractivity contribution in [2.75, 3.05) is 0 Å². The fourth-order valence-electron chi connectivity index (χ4n) is 1.25. The second-order valence-electron chi connectivity index (χ2n) is 3.15. The zero-order chi connectivity index (χ0) is 11.2. The Morgan fingerprint density at radius 3 is 2.19 bits per heavy atom. The van der Waals surface area contributed by atoms with Gasteiger partial charge in [-0.05, 0) is 31.2 Å². The molecule has 0 radical (unpaired) electrons. The number of benzene rings is 1. The molecule has 0 atom stereocenters. The van der Waals surface area contributed by atoms with Crippen LogP contribution >= 0.6 is 11.3 Å². The fraction of sp³-hybridized carbons (Fsp3) is 0.0667. The van der Waals surface area contributed by atoms with Gasteiger partial charge in [0.15, 0.2) is 0 Å². The number of hydrogen-bond acceptors (Lipinski definition) is 1. The van der Waals surface area contributed by atoms with Crippen LogP contribution in [0.2, 0.25) is 0 Å². The van der Waals surface area contributed by atoms with Gasteiger partial charge in [-0.1, -0.05) is 36.0 Å². The Balaban J connectivity index is 2.20. The first-order valence-electron chi connectivity index (χ1n) is 4.98. The van der Waals surface area contributed by atoms with Gasteiger partial charge in [-0.15, -0.1) is 17.3 Å². The molecule has 0 N–H and O–H groups in total. The first kappa shape index (κ1) is 10.6. The van der Waals surface area contributed by atoms with Gasteiger partial charge in [0.25, 0.3) is 0 Å². The van der Waals surface area contributed by atoms with Gasteiger partial charge in [-0.2, -0.15) is 0 Å². The third kappa shape index (κ3) is 2.76. The van der Waals surface area contributed by atoms with Crippen LogP contribution in [0.5, 0.6) is 0 Å². The first-order valence-corrected chi connectivity index (χ1v) is 5.80. The van der Waals surface area contributed by atoms with Crippen LogP contribution in [0.25, 0.3) is 0 Å². The summed E-state index contributed by atoms with van der Waals surface area (Å²) >= 11 is 1.63. The smallest absolute Gasteiger partial charge is 0.0785 e. The molecule has 16 heavy (non-hydrogen) atoms. The van der Waals surface area contributed by atoms with E-state index in [1.807, 2.05) is 49.4 Å². The second-order valence-corrected chi connectivity index (χ2v) is 4.24. The fourth-order valence-corrected chi connectivity index (χ4v) is 2.01. The summed E-state index contributed by atoms with van der Waals surface area (Å²) < 4.78 is 0. The van der Waals surface area contributed by atoms with Crippen LogP contribution in [-0.4, -0.2) is 0 Å². The Labute approximate surface area is 100.0 Å². The van der Waals surface area contributed by atoms with Gasteiger partial charge in [-0.3, -0.25) is 0 Å². The Kier molecular flexibility index (Phi) is 3.44. The monoisotopic (exact) mass is 222 g/mol. The summed E-state index contributed by atoms with van der Waals surface area (Å²) in [7, 11) is 0. The van der Waals surface area contributed by atoms with Crippen LogP contribution in [0.3, 0.4) is 0 Å². The van der Waals surface area contributed by atoms with Crippen molar-refractivity contribution < 1.29 is 0 Å². The van der Waals surface area contributed by atoms with Gasteiger partial charge in [-0.25, -0.2) is 0 Å². The Morgan fingerprint density at radius 1 is 0.812 bits per heavy atom. The van der Waals surface area contributed by atoms with Gasteiger partial charge in [0.2, 0.25) is 0 Å². The SMILES string of the molecule is CC#Cc1ccc(C#Cc2ccccc2)s1. The maximum absolute atomic E-state index is 3.14. The molecule has 0 nitrogen and oxygen atoms in total. The van der Waals surface area contributed by atoms with E-state index in [2.05, 4.69) is 23.7 Å². The van der Waals surface area contributed by atoms with Crippen molar-refractivity contribution in [3.05, 3.63) is 57.8 Å². The minimum atomic E-state index is 1.04. The molecule has 1 aromatic carbocycles. The van der Waals surface area contributed by atoms with Crippen molar-refractivity contribution in [2.24, 2.45) is 0 Å². The van der Waals surface area contributed by atoms with Crippen molar-refractivity contribution in [1.82, 2.24) is 0 Å². The molecule has 0 amide bonds. The minimum absolute atomic E-state index is 1.04. The van der Waals surface area contributed by atoms with E-state index in [0.717, 1.165) is 15.3 Å². The summed E-state index contributed by atoms with van der Waals surface area (Å²) in [5.74, 6) is 12.2. The molecular weight excluding hydrogens is 212 g/mol. The lowest BCUT2D eigenvalue weighted by Crippen LogP contribution is -1.70. The van der Waals surface area contributed by atoms with Crippen molar-refractivity contribution >= 4 is 11.3 Å². The topological polar surface area (TPSA) is 0 Å². The van der Waals surface area contributed by atoms with Crippen LogP contribution in [0.4, 0.5) is 0 Å². The highest BCUT2D eigenvalue weighted by molar-refractivity contribution is 7.13. The van der Waals surface area contributed by atoms with E-state index in [0.29, 0.717) is 0 Å². The normalized spacial score (nSPS) is 8.56. The molecule has 1 heterocycles. The average Bonchev–Trinajstić information content (AvgIpc) is 2.76.